The summed E-state index contributed by atoms with van der Waals surface area (Å²) in [6, 6.07) is 5.24. The molecule has 228 valence electrons. The van der Waals surface area contributed by atoms with Crippen molar-refractivity contribution in [2.45, 2.75) is 122 Å². The van der Waals surface area contributed by atoms with Crippen LogP contribution in [0, 0.1) is 46.3 Å². The largest absolute Gasteiger partial charge is 0.461 e. The minimum absolute atomic E-state index is 0.0331. The highest BCUT2D eigenvalue weighted by Gasteiger charge is 2.59. The molecular weight excluding hydrogens is 545 g/mol. The van der Waals surface area contributed by atoms with E-state index < -0.39 is 6.04 Å². The van der Waals surface area contributed by atoms with Crippen LogP contribution >= 0.6 is 21.6 Å². The number of carbonyl (C=O) groups is 1. The summed E-state index contributed by atoms with van der Waals surface area (Å²) in [4.78, 5) is 17.2. The normalized spacial score (nSPS) is 36.1. The molecule has 41 heavy (non-hydrogen) atoms. The number of allylic oxidation sites excluding steroid dienone is 1. The molecule has 6 heteroatoms. The summed E-state index contributed by atoms with van der Waals surface area (Å²) >= 11 is 0. The van der Waals surface area contributed by atoms with Crippen molar-refractivity contribution >= 4 is 27.6 Å². The average Bonchev–Trinajstić information content (AvgIpc) is 3.31. The Hall–Kier alpha value is -0.980. The first-order chi connectivity index (χ1) is 19.6. The van der Waals surface area contributed by atoms with Gasteiger partial charge >= 0.3 is 5.97 Å². The smallest absolute Gasteiger partial charge is 0.324 e. The maximum absolute atomic E-state index is 12.9. The van der Waals surface area contributed by atoms with Gasteiger partial charge in [-0.2, -0.15) is 0 Å². The molecular formula is C35H54N2O2S2. The van der Waals surface area contributed by atoms with E-state index in [0.717, 1.165) is 59.8 Å². The summed E-state index contributed by atoms with van der Waals surface area (Å²) in [5.74, 6) is 5.34. The van der Waals surface area contributed by atoms with Gasteiger partial charge in [-0.25, -0.2) is 4.98 Å². The van der Waals surface area contributed by atoms with Crippen molar-refractivity contribution in [3.05, 3.63) is 36.0 Å². The van der Waals surface area contributed by atoms with Gasteiger partial charge in [0.15, 0.2) is 0 Å². The van der Waals surface area contributed by atoms with Gasteiger partial charge in [-0.1, -0.05) is 82.4 Å². The van der Waals surface area contributed by atoms with Crippen LogP contribution in [0.3, 0.4) is 0 Å². The fraction of sp³-hybridized carbons (Fsp3) is 0.771. The fourth-order valence-corrected chi connectivity index (χ4v) is 11.6. The van der Waals surface area contributed by atoms with Gasteiger partial charge in [0.25, 0.3) is 0 Å². The first kappa shape index (κ1) is 31.4. The van der Waals surface area contributed by atoms with Crippen LogP contribution in [0.2, 0.25) is 0 Å². The number of nitrogens with two attached hydrogens (primary N) is 1. The summed E-state index contributed by atoms with van der Waals surface area (Å²) in [5, 5.41) is 0.930. The Morgan fingerprint density at radius 1 is 1.10 bits per heavy atom. The number of hydrogen-bond acceptors (Lipinski definition) is 6. The number of carbonyl (C=O) groups excluding carboxylic acids is 1. The summed E-state index contributed by atoms with van der Waals surface area (Å²) in [5.41, 5.74) is 8.59. The lowest BCUT2D eigenvalue weighted by Gasteiger charge is -2.58. The van der Waals surface area contributed by atoms with Crippen molar-refractivity contribution in [1.29, 1.82) is 0 Å². The Labute approximate surface area is 257 Å². The highest BCUT2D eigenvalue weighted by molar-refractivity contribution is 8.76. The predicted molar refractivity (Wildman–Crippen MR) is 173 cm³/mol. The van der Waals surface area contributed by atoms with Gasteiger partial charge in [-0.15, -0.1) is 0 Å². The van der Waals surface area contributed by atoms with Crippen LogP contribution in [0.1, 0.15) is 105 Å². The van der Waals surface area contributed by atoms with Crippen molar-refractivity contribution < 1.29 is 9.53 Å². The number of nitrogens with zero attached hydrogens (tertiary/aromatic N) is 1. The Balaban J connectivity index is 1.15. The molecule has 4 aliphatic carbocycles. The summed E-state index contributed by atoms with van der Waals surface area (Å²) in [6.07, 6.45) is 18.4. The number of fused-ring (bicyclic) bond motifs is 5. The second-order valence-electron chi connectivity index (χ2n) is 14.7. The van der Waals surface area contributed by atoms with Crippen LogP contribution in [-0.4, -0.2) is 28.9 Å². The van der Waals surface area contributed by atoms with E-state index in [1.165, 1.54) is 51.4 Å². The van der Waals surface area contributed by atoms with Crippen LogP contribution in [-0.2, 0) is 9.53 Å². The van der Waals surface area contributed by atoms with Crippen LogP contribution < -0.4 is 5.73 Å². The first-order valence-electron chi connectivity index (χ1n) is 16.5. The molecule has 1 heterocycles. The molecule has 5 rings (SSSR count). The standard InChI is InChI=1S/C35H54N2O2S2/c1-23(2)9-8-10-24(3)28-14-15-29-27-13-12-25-21-26(16-18-34(25,4)30(27)17-19-35(28,29)5)39-33(38)31(36)22-40-41-32-11-6-7-20-37-32/h6-7,11-12,20,23-24,26-31H,8-10,13-19,21-22,36H2,1-5H3/t24-,26+,27+,28-,29+,30+,31+,34+,35-/m1/s1. The van der Waals surface area contributed by atoms with E-state index in [9.17, 15) is 4.79 Å². The molecule has 1 aromatic rings. The van der Waals surface area contributed by atoms with Crippen molar-refractivity contribution in [2.24, 2.45) is 52.1 Å². The predicted octanol–water partition coefficient (Wildman–Crippen LogP) is 9.10. The van der Waals surface area contributed by atoms with Gasteiger partial charge in [-0.3, -0.25) is 4.79 Å². The van der Waals surface area contributed by atoms with E-state index in [1.807, 2.05) is 18.2 Å². The average molecular weight is 599 g/mol. The third-order valence-electron chi connectivity index (χ3n) is 11.9. The van der Waals surface area contributed by atoms with Gasteiger partial charge in [0, 0.05) is 18.4 Å². The Bertz CT molecular complexity index is 1060. The third kappa shape index (κ3) is 6.75. The van der Waals surface area contributed by atoms with Crippen LogP contribution in [0.25, 0.3) is 0 Å². The van der Waals surface area contributed by atoms with Gasteiger partial charge in [-0.05, 0) is 114 Å². The molecule has 0 bridgehead atoms. The molecule has 3 saturated carbocycles. The molecule has 0 aromatic carbocycles. The molecule has 4 aliphatic rings. The molecule has 3 fully saturated rings. The fourth-order valence-electron chi connectivity index (χ4n) is 9.64. The van der Waals surface area contributed by atoms with Crippen LogP contribution in [0.15, 0.2) is 41.1 Å². The number of hydrogen-bond donors (Lipinski definition) is 1. The van der Waals surface area contributed by atoms with Gasteiger partial charge in [0.05, 0.1) is 0 Å². The summed E-state index contributed by atoms with van der Waals surface area (Å²) < 4.78 is 6.02. The van der Waals surface area contributed by atoms with Crippen LogP contribution in [0.5, 0.6) is 0 Å². The Morgan fingerprint density at radius 2 is 1.93 bits per heavy atom. The van der Waals surface area contributed by atoms with E-state index in [0.29, 0.717) is 11.2 Å². The lowest BCUT2D eigenvalue weighted by Crippen LogP contribution is -2.51. The molecule has 0 aliphatic heterocycles. The minimum Gasteiger partial charge on any atom is -0.461 e. The first-order valence-corrected chi connectivity index (χ1v) is 18.8. The zero-order valence-electron chi connectivity index (χ0n) is 26.1. The van der Waals surface area contributed by atoms with Gasteiger partial charge in [0.1, 0.15) is 17.2 Å². The van der Waals surface area contributed by atoms with Crippen molar-refractivity contribution in [1.82, 2.24) is 4.98 Å². The number of ether oxygens (including phenoxy) is 1. The third-order valence-corrected chi connectivity index (χ3v) is 14.2. The van der Waals surface area contributed by atoms with E-state index in [1.54, 1.807) is 33.4 Å². The van der Waals surface area contributed by atoms with Crippen molar-refractivity contribution in [3.63, 3.8) is 0 Å². The van der Waals surface area contributed by atoms with E-state index in [-0.39, 0.29) is 17.5 Å². The molecule has 9 atom stereocenters. The topological polar surface area (TPSA) is 65.2 Å². The SMILES string of the molecule is CC(C)CCC[C@@H](C)[C@H]1CC[C@H]2[C@@H]3CC=C4C[C@@H](OC(=O)[C@@H](N)CSSc5ccccn5)CC[C@]4(C)[C@H]3CC[C@]12C. The highest BCUT2D eigenvalue weighted by Crippen LogP contribution is 2.67. The monoisotopic (exact) mass is 598 g/mol. The molecule has 1 aromatic heterocycles. The molecule has 4 nitrogen and oxygen atoms in total. The second kappa shape index (κ2) is 13.3. The van der Waals surface area contributed by atoms with Crippen LogP contribution in [0.4, 0.5) is 0 Å². The quantitative estimate of drug-likeness (QED) is 0.156. The molecule has 2 N–H and O–H groups in total. The van der Waals surface area contributed by atoms with Gasteiger partial charge < -0.3 is 10.5 Å². The Morgan fingerprint density at radius 3 is 2.68 bits per heavy atom. The summed E-state index contributed by atoms with van der Waals surface area (Å²) in [7, 11) is 3.12. The molecule has 0 radical (unpaired) electrons. The van der Waals surface area contributed by atoms with Crippen molar-refractivity contribution in [2.75, 3.05) is 5.75 Å². The Kier molecular flexibility index (Phi) is 10.2. The zero-order chi connectivity index (χ0) is 29.2. The lowest BCUT2D eigenvalue weighted by atomic mass is 9.47. The van der Waals surface area contributed by atoms with Gasteiger partial charge in [0.2, 0.25) is 0 Å². The maximum atomic E-state index is 12.9. The van der Waals surface area contributed by atoms with E-state index >= 15 is 0 Å². The lowest BCUT2D eigenvalue weighted by molar-refractivity contribution is -0.152. The highest BCUT2D eigenvalue weighted by atomic mass is 33.1. The maximum Gasteiger partial charge on any atom is 0.324 e. The van der Waals surface area contributed by atoms with E-state index in [2.05, 4.69) is 45.7 Å². The minimum atomic E-state index is -0.603. The second-order valence-corrected chi connectivity index (χ2v) is 17.1. The molecule has 0 unspecified atom stereocenters. The molecule has 0 amide bonds. The summed E-state index contributed by atoms with van der Waals surface area (Å²) in [6.45, 7) is 12.5. The van der Waals surface area contributed by atoms with E-state index in [4.69, 9.17) is 10.5 Å². The zero-order valence-corrected chi connectivity index (χ0v) is 27.8. The number of esters is 1. The molecule has 0 spiro atoms. The van der Waals surface area contributed by atoms with Crippen molar-refractivity contribution in [3.8, 4) is 0 Å². The number of aromatic nitrogens is 1. The molecule has 0 saturated heterocycles. The number of pyridine rings is 1. The number of rotatable bonds is 11.